The Morgan fingerprint density at radius 3 is 2.06 bits per heavy atom. The predicted octanol–water partition coefficient (Wildman–Crippen LogP) is 2.26. The average Bonchev–Trinajstić information content (AvgIpc) is 2.27. The van der Waals surface area contributed by atoms with Gasteiger partial charge in [-0.1, -0.05) is 0 Å². The van der Waals surface area contributed by atoms with Crippen LogP contribution < -0.4 is 0 Å². The normalized spacial score (nSPS) is 12.5. The fourth-order valence-electron chi connectivity index (χ4n) is 1.11. The van der Waals surface area contributed by atoms with Crippen molar-refractivity contribution in [3.63, 3.8) is 0 Å². The maximum Gasteiger partial charge on any atom is 0.337 e. The van der Waals surface area contributed by atoms with Gasteiger partial charge in [0.1, 0.15) is 0 Å². The molecule has 0 rings (SSSR count). The van der Waals surface area contributed by atoms with Gasteiger partial charge in [0.05, 0.1) is 37.8 Å². The molecule has 0 aliphatic carbocycles. The van der Waals surface area contributed by atoms with Crippen LogP contribution in [0, 0.1) is 0 Å². The largest absolute Gasteiger partial charge is 0.515 e. The van der Waals surface area contributed by atoms with Gasteiger partial charge < -0.3 is 18.9 Å². The second-order valence-electron chi connectivity index (χ2n) is 2.98. The minimum absolute atomic E-state index is 0.128. The molecule has 0 saturated heterocycles. The lowest BCUT2D eigenvalue weighted by atomic mass is 10.3. The van der Waals surface area contributed by atoms with Crippen LogP contribution in [0.4, 0.5) is 0 Å². The lowest BCUT2D eigenvalue weighted by Gasteiger charge is -2.17. The Kier molecular flexibility index (Phi) is 7.87. The molecule has 0 aliphatic heterocycles. The number of ether oxygens (including phenoxy) is 1. The van der Waals surface area contributed by atoms with Gasteiger partial charge in [-0.05, 0) is 20.8 Å². The van der Waals surface area contributed by atoms with E-state index in [0.29, 0.717) is 6.26 Å². The predicted molar refractivity (Wildman–Crippen MR) is 63.1 cm³/mol. The summed E-state index contributed by atoms with van der Waals surface area (Å²) >= 11 is 0. The maximum atomic E-state index is 12.1. The lowest BCUT2D eigenvalue weighted by molar-refractivity contribution is -0.138. The van der Waals surface area contributed by atoms with Crippen LogP contribution in [0.5, 0.6) is 0 Å². The quantitative estimate of drug-likeness (QED) is 0.314. The third-order valence-electron chi connectivity index (χ3n) is 1.71. The minimum atomic E-state index is -3.40. The Morgan fingerprint density at radius 2 is 1.71 bits per heavy atom. The van der Waals surface area contributed by atoms with Crippen molar-refractivity contribution in [2.45, 2.75) is 20.8 Å². The summed E-state index contributed by atoms with van der Waals surface area (Å²) in [5.74, 6) is -0.727. The third-order valence-corrected chi connectivity index (χ3v) is 3.74. The number of aliphatic hydroxyl groups excluding tert-OH is 1. The third kappa shape index (κ3) is 5.86. The summed E-state index contributed by atoms with van der Waals surface area (Å²) in [4.78, 5) is 11.4. The molecule has 0 saturated carbocycles. The number of carbonyl (C=O) groups is 1. The fraction of sp³-hybridized carbons (Fsp3) is 0.700. The van der Waals surface area contributed by atoms with Gasteiger partial charge in [-0.15, -0.1) is 0 Å². The molecule has 0 radical (unpaired) electrons. The molecule has 0 heterocycles. The van der Waals surface area contributed by atoms with E-state index < -0.39 is 13.6 Å². The second-order valence-corrected chi connectivity index (χ2v) is 5.03. The highest BCUT2D eigenvalue weighted by Crippen LogP contribution is 2.49. The monoisotopic (exact) mass is 266 g/mol. The van der Waals surface area contributed by atoms with Crippen molar-refractivity contribution in [2.75, 3.05) is 26.0 Å². The Hall–Kier alpha value is -0.840. The zero-order valence-electron chi connectivity index (χ0n) is 10.3. The summed E-state index contributed by atoms with van der Waals surface area (Å²) in [6, 6.07) is 0. The molecule has 0 spiro atoms. The zero-order chi connectivity index (χ0) is 13.3. The van der Waals surface area contributed by atoms with Crippen LogP contribution in [-0.4, -0.2) is 37.1 Å². The number of hydrogen-bond acceptors (Lipinski definition) is 6. The first kappa shape index (κ1) is 16.2. The highest BCUT2D eigenvalue weighted by Gasteiger charge is 2.29. The summed E-state index contributed by atoms with van der Waals surface area (Å²) in [6.45, 7) is 5.52. The minimum Gasteiger partial charge on any atom is -0.515 e. The number of hydrogen-bond donors (Lipinski definition) is 1. The molecule has 0 atom stereocenters. The van der Waals surface area contributed by atoms with Gasteiger partial charge in [-0.3, -0.25) is 4.57 Å². The van der Waals surface area contributed by atoms with E-state index in [9.17, 15) is 9.36 Å². The Balaban J connectivity index is 4.72. The Bertz CT molecular complexity index is 302. The molecule has 0 bridgehead atoms. The Labute approximate surface area is 101 Å². The van der Waals surface area contributed by atoms with E-state index in [1.54, 1.807) is 20.8 Å². The van der Waals surface area contributed by atoms with Crippen molar-refractivity contribution < 1.29 is 28.3 Å². The molecule has 100 valence electrons. The number of esters is 1. The fourth-order valence-corrected chi connectivity index (χ4v) is 2.78. The van der Waals surface area contributed by atoms with Crippen LogP contribution in [0.3, 0.4) is 0 Å². The number of carbonyl (C=O) groups excluding carboxylic acids is 1. The van der Waals surface area contributed by atoms with Gasteiger partial charge in [-0.2, -0.15) is 0 Å². The summed E-state index contributed by atoms with van der Waals surface area (Å²) in [5.41, 5.74) is -0.128. The first-order chi connectivity index (χ1) is 8.02. The Morgan fingerprint density at radius 1 is 1.18 bits per heavy atom. The van der Waals surface area contributed by atoms with Crippen molar-refractivity contribution in [3.05, 3.63) is 11.8 Å². The lowest BCUT2D eigenvalue weighted by Crippen LogP contribution is -2.13. The van der Waals surface area contributed by atoms with Crippen LogP contribution in [-0.2, 0) is 23.1 Å². The van der Waals surface area contributed by atoms with Crippen molar-refractivity contribution in [3.8, 4) is 0 Å². The summed E-state index contributed by atoms with van der Waals surface area (Å²) < 4.78 is 26.8. The molecule has 17 heavy (non-hydrogen) atoms. The molecule has 7 heteroatoms. The van der Waals surface area contributed by atoms with Crippen molar-refractivity contribution in [1.29, 1.82) is 0 Å². The van der Waals surface area contributed by atoms with Crippen LogP contribution in [0.25, 0.3) is 0 Å². The molecule has 0 unspecified atom stereocenters. The highest BCUT2D eigenvalue weighted by molar-refractivity contribution is 7.54. The molecule has 0 aromatic carbocycles. The standard InChI is InChI=1S/C10H19O6P/c1-4-14-10(12)9(7-11)8-17(13,15-5-2)16-6-3/h7,11H,4-6,8H2,1-3H3/b9-7+. The van der Waals surface area contributed by atoms with E-state index in [-0.39, 0.29) is 31.6 Å². The molecule has 0 aromatic rings. The van der Waals surface area contributed by atoms with E-state index in [1.165, 1.54) is 0 Å². The number of rotatable bonds is 8. The van der Waals surface area contributed by atoms with E-state index in [0.717, 1.165) is 0 Å². The SMILES string of the molecule is CCOC(=O)/C(=C/O)CP(=O)(OCC)OCC. The average molecular weight is 266 g/mol. The number of aliphatic hydroxyl groups is 1. The molecular formula is C10H19O6P. The molecule has 0 amide bonds. The van der Waals surface area contributed by atoms with E-state index in [4.69, 9.17) is 18.9 Å². The van der Waals surface area contributed by atoms with Gasteiger partial charge in [0, 0.05) is 0 Å². The van der Waals surface area contributed by atoms with E-state index >= 15 is 0 Å². The second kappa shape index (κ2) is 8.28. The van der Waals surface area contributed by atoms with Crippen molar-refractivity contribution in [1.82, 2.24) is 0 Å². The molecule has 0 fully saturated rings. The van der Waals surface area contributed by atoms with Crippen LogP contribution >= 0.6 is 7.60 Å². The van der Waals surface area contributed by atoms with Crippen LogP contribution in [0.2, 0.25) is 0 Å². The molecular weight excluding hydrogens is 247 g/mol. The highest BCUT2D eigenvalue weighted by atomic mass is 31.2. The first-order valence-electron chi connectivity index (χ1n) is 5.41. The van der Waals surface area contributed by atoms with Crippen molar-refractivity contribution >= 4 is 13.6 Å². The van der Waals surface area contributed by atoms with Gasteiger partial charge in [0.15, 0.2) is 0 Å². The molecule has 6 nitrogen and oxygen atoms in total. The van der Waals surface area contributed by atoms with Crippen LogP contribution in [0.1, 0.15) is 20.8 Å². The molecule has 1 N–H and O–H groups in total. The smallest absolute Gasteiger partial charge is 0.337 e. The topological polar surface area (TPSA) is 82.1 Å². The van der Waals surface area contributed by atoms with E-state index in [1.807, 2.05) is 0 Å². The van der Waals surface area contributed by atoms with Gasteiger partial charge in [0.25, 0.3) is 0 Å². The first-order valence-corrected chi connectivity index (χ1v) is 7.14. The van der Waals surface area contributed by atoms with Gasteiger partial charge >= 0.3 is 13.6 Å². The molecule has 0 aliphatic rings. The molecule has 0 aromatic heterocycles. The zero-order valence-corrected chi connectivity index (χ0v) is 11.2. The van der Waals surface area contributed by atoms with Crippen LogP contribution in [0.15, 0.2) is 11.8 Å². The van der Waals surface area contributed by atoms with Crippen molar-refractivity contribution in [2.24, 2.45) is 0 Å². The summed E-state index contributed by atoms with van der Waals surface area (Å²) in [6.07, 6.45) is 0.271. The summed E-state index contributed by atoms with van der Waals surface area (Å²) in [5, 5.41) is 8.93. The maximum absolute atomic E-state index is 12.1. The van der Waals surface area contributed by atoms with Gasteiger partial charge in [-0.25, -0.2) is 4.79 Å². The van der Waals surface area contributed by atoms with E-state index in [2.05, 4.69) is 0 Å². The summed E-state index contributed by atoms with van der Waals surface area (Å²) in [7, 11) is -3.40. The van der Waals surface area contributed by atoms with Gasteiger partial charge in [0.2, 0.25) is 0 Å².